The number of pyridine rings is 3. The molecule has 6 saturated heterocycles. The van der Waals surface area contributed by atoms with Gasteiger partial charge in [0.05, 0.1) is 66.9 Å². The van der Waals surface area contributed by atoms with Crippen LogP contribution in [-0.2, 0) is 57.5 Å². The predicted molar refractivity (Wildman–Crippen MR) is 466 cm³/mol. The molecule has 0 spiro atoms. The number of piperidine rings is 6. The number of alkyl halides is 1. The van der Waals surface area contributed by atoms with E-state index in [-0.39, 0.29) is 175 Å². The summed E-state index contributed by atoms with van der Waals surface area (Å²) < 4.78 is 15.2. The molecule has 39 nitrogen and oxygen atoms in total. The van der Waals surface area contributed by atoms with Gasteiger partial charge in [-0.2, -0.15) is 0 Å². The maximum absolute atomic E-state index is 15.2. The highest BCUT2D eigenvalue weighted by Gasteiger charge is 2.59. The third kappa shape index (κ3) is 17.5. The summed E-state index contributed by atoms with van der Waals surface area (Å²) in [5, 5.41) is 12.8. The number of nitrogens with zero attached hydrogens (tertiary/aromatic N) is 9. The highest BCUT2D eigenvalue weighted by molar-refractivity contribution is 6.29. The lowest BCUT2D eigenvalue weighted by Gasteiger charge is -2.38. The second kappa shape index (κ2) is 37.8. The maximum Gasteiger partial charge on any atom is 0.285 e. The zero-order valence-electron chi connectivity index (χ0n) is 76.0. The smallest absolute Gasteiger partial charge is 0.285 e. The lowest BCUT2D eigenvalue weighted by atomic mass is 9.89. The van der Waals surface area contributed by atoms with E-state index in [9.17, 15) is 115 Å². The first-order valence-electron chi connectivity index (χ1n) is 44.0. The summed E-state index contributed by atoms with van der Waals surface area (Å²) in [5.41, 5.74) is 6.93. The Hall–Kier alpha value is -15.3. The van der Waals surface area contributed by atoms with Crippen molar-refractivity contribution < 1.29 is 119 Å². The summed E-state index contributed by atoms with van der Waals surface area (Å²) in [4.78, 5) is 309. The standard InChI is InChI=1S/2C17H18N2O4.C16H15FN2O4.3C15H15N3O4/c1-8(2)13-9(3)4-5-10-14(13)17(23)19(16(10)22)11-6-7-12(20)18-15(11)21;1-9(2)10-5-4-6-11-13(10)15(22)19(14(11)21)17(3)8-7-12(20)18-16(17)23;1-8(2)9-4-3-5-10-12(9)14(22)19(13(10)21)16(17)7-6-11(20)18-15(16)23;1-7(2)8-5-16-6-9-12(8)15(22)18(14(9)21)10-3-4-11(19)17-13(10)20;1-7(2)12-11-8(5-6-16-12)14(21)18(15(11)22)9-3-4-10(19)17-13(9)20;1-7(2)8-5-6-16-12-11(8)14(21)18(15(12)22)9-3-4-10(19)17-13(9)20/h4-5,8,11H,6-7H2,1-3H3,(H,18,20,21);4-6,9H,7-8H2,1-3H3,(H,18,20,23);3-5,8H,6-7H2,1-2H3,(H,18,20,23);5-7,10H,3-4H2,1-2H3,(H,17,19,20);2*5-7,9H,3-4H2,1-2H3,(H,17,19,20). The Kier molecular flexibility index (Phi) is 27.2. The Balaban J connectivity index is 0.000000137. The first-order chi connectivity index (χ1) is 63.6. The molecule has 0 radical (unpaired) electrons. The summed E-state index contributed by atoms with van der Waals surface area (Å²) in [6, 6.07) is 12.9. The minimum Gasteiger partial charge on any atom is -0.295 e. The number of fused-ring (bicyclic) bond motifs is 6. The van der Waals surface area contributed by atoms with Gasteiger partial charge in [0.15, 0.2) is 0 Å². The van der Waals surface area contributed by atoms with Crippen LogP contribution in [0.25, 0.3) is 0 Å². The third-order valence-electron chi connectivity index (χ3n) is 25.2. The number of benzene rings is 3. The zero-order valence-corrected chi connectivity index (χ0v) is 76.0. The summed E-state index contributed by atoms with van der Waals surface area (Å²) in [7, 11) is 0. The van der Waals surface area contributed by atoms with Gasteiger partial charge in [0.2, 0.25) is 59.1 Å². The molecule has 24 amide bonds. The number of nitrogens with one attached hydrogen (secondary N) is 6. The number of hydrogen-bond donors (Lipinski definition) is 6. The Labute approximate surface area is 770 Å². The van der Waals surface area contributed by atoms with Crippen molar-refractivity contribution in [2.24, 2.45) is 0 Å². The fourth-order valence-corrected chi connectivity index (χ4v) is 18.3. The molecule has 0 saturated carbocycles. The van der Waals surface area contributed by atoms with Gasteiger partial charge in [-0.3, -0.25) is 186 Å². The minimum atomic E-state index is -2.84. The molecule has 3 aromatic carbocycles. The molecule has 3 aromatic heterocycles. The van der Waals surface area contributed by atoms with E-state index >= 15 is 4.39 Å². The van der Waals surface area contributed by atoms with Crippen molar-refractivity contribution in [2.75, 3.05) is 0 Å². The molecule has 6 atom stereocenters. The fraction of sp³-hybridized carbons (Fsp3) is 0.400. The molecule has 15 heterocycles. The van der Waals surface area contributed by atoms with Gasteiger partial charge in [0.25, 0.3) is 88.5 Å². The Morgan fingerprint density at radius 1 is 0.326 bits per heavy atom. The summed E-state index contributed by atoms with van der Waals surface area (Å²) in [6.45, 7) is 26.4. The van der Waals surface area contributed by atoms with Crippen molar-refractivity contribution in [3.8, 4) is 0 Å². The Bertz CT molecular complexity index is 5910. The number of aromatic nitrogens is 3. The van der Waals surface area contributed by atoms with Crippen molar-refractivity contribution in [3.63, 3.8) is 0 Å². The van der Waals surface area contributed by atoms with E-state index in [4.69, 9.17) is 0 Å². The molecule has 18 rings (SSSR count). The molecule has 6 aromatic rings. The Morgan fingerprint density at radius 3 is 1.13 bits per heavy atom. The van der Waals surface area contributed by atoms with Crippen molar-refractivity contribution in [1.29, 1.82) is 0 Å². The van der Waals surface area contributed by atoms with Crippen LogP contribution in [0.15, 0.2) is 85.5 Å². The molecule has 6 unspecified atom stereocenters. The second-order valence-electron chi connectivity index (χ2n) is 36.0. The number of rotatable bonds is 12. The normalized spacial score (nSPS) is 22.3. The van der Waals surface area contributed by atoms with Crippen LogP contribution in [0.5, 0.6) is 0 Å². The quantitative estimate of drug-likeness (QED) is 0.0566. The van der Waals surface area contributed by atoms with Crippen LogP contribution in [0.3, 0.4) is 0 Å². The third-order valence-corrected chi connectivity index (χ3v) is 25.2. The molecular weight excluding hydrogens is 1750 g/mol. The molecule has 0 aliphatic carbocycles. The second-order valence-corrected chi connectivity index (χ2v) is 36.0. The molecule has 12 aliphatic heterocycles. The Morgan fingerprint density at radius 2 is 0.696 bits per heavy atom. The highest BCUT2D eigenvalue weighted by Crippen LogP contribution is 2.43. The van der Waals surface area contributed by atoms with E-state index in [1.165, 1.54) is 37.6 Å². The summed E-state index contributed by atoms with van der Waals surface area (Å²) in [6.07, 6.45) is 6.43. The van der Waals surface area contributed by atoms with Gasteiger partial charge in [-0.25, -0.2) is 9.29 Å². The number of halogens is 1. The van der Waals surface area contributed by atoms with Gasteiger partial charge in [-0.15, -0.1) is 0 Å². The van der Waals surface area contributed by atoms with E-state index in [2.05, 4.69) is 41.5 Å². The molecule has 0 bridgehead atoms. The molecule has 6 N–H and O–H groups in total. The van der Waals surface area contributed by atoms with Crippen LogP contribution in [0.1, 0.15) is 366 Å². The molecular formula is C95H96FN15O24. The van der Waals surface area contributed by atoms with Gasteiger partial charge in [0, 0.05) is 69.7 Å². The largest absolute Gasteiger partial charge is 0.295 e. The van der Waals surface area contributed by atoms with E-state index in [0.29, 0.717) is 49.5 Å². The van der Waals surface area contributed by atoms with Crippen molar-refractivity contribution >= 4 is 142 Å². The van der Waals surface area contributed by atoms with Crippen molar-refractivity contribution in [1.82, 2.24) is 76.3 Å². The van der Waals surface area contributed by atoms with Crippen molar-refractivity contribution in [3.05, 3.63) is 191 Å². The van der Waals surface area contributed by atoms with E-state index in [0.717, 1.165) is 46.8 Å². The van der Waals surface area contributed by atoms with Crippen LogP contribution in [0.2, 0.25) is 0 Å². The monoisotopic (exact) mass is 1850 g/mol. The van der Waals surface area contributed by atoms with E-state index in [1.54, 1.807) is 42.6 Å². The first-order valence-corrected chi connectivity index (χ1v) is 44.0. The van der Waals surface area contributed by atoms with Crippen LogP contribution >= 0.6 is 0 Å². The van der Waals surface area contributed by atoms with Gasteiger partial charge < -0.3 is 0 Å². The van der Waals surface area contributed by atoms with Gasteiger partial charge >= 0.3 is 0 Å². The lowest BCUT2D eigenvalue weighted by molar-refractivity contribution is -0.151. The number of imide groups is 12. The van der Waals surface area contributed by atoms with Crippen LogP contribution in [-0.4, -0.2) is 222 Å². The lowest BCUT2D eigenvalue weighted by Crippen LogP contribution is -2.62. The first kappa shape index (κ1) is 97.3. The number of carbonyl (C=O) groups excluding carboxylic acids is 24. The van der Waals surface area contributed by atoms with Gasteiger partial charge in [0.1, 0.15) is 35.4 Å². The number of amides is 24. The molecule has 40 heteroatoms. The average molecular weight is 1850 g/mol. The number of aryl methyl sites for hydroxylation is 1. The van der Waals surface area contributed by atoms with Gasteiger partial charge in [-0.1, -0.05) is 113 Å². The van der Waals surface area contributed by atoms with Crippen LogP contribution in [0.4, 0.5) is 4.39 Å². The molecule has 702 valence electrons. The molecule has 12 aliphatic rings. The molecule has 6 fully saturated rings. The average Bonchev–Trinajstić information content (AvgIpc) is 1.56. The van der Waals surface area contributed by atoms with Gasteiger partial charge in [-0.05, 0) is 145 Å². The number of hydrogen-bond acceptors (Lipinski definition) is 27. The summed E-state index contributed by atoms with van der Waals surface area (Å²) in [5.74, 6) is -16.1. The number of carbonyl (C=O) groups is 24. The van der Waals surface area contributed by atoms with Crippen molar-refractivity contribution in [2.45, 2.75) is 245 Å². The highest BCUT2D eigenvalue weighted by atomic mass is 19.1. The molecule has 135 heavy (non-hydrogen) atoms. The van der Waals surface area contributed by atoms with Crippen LogP contribution in [0, 0.1) is 6.92 Å². The topological polar surface area (TPSA) is 540 Å². The van der Waals surface area contributed by atoms with Crippen LogP contribution < -0.4 is 31.9 Å². The maximum atomic E-state index is 15.2. The minimum absolute atomic E-state index is 0.0200. The predicted octanol–water partition coefficient (Wildman–Crippen LogP) is 6.45. The summed E-state index contributed by atoms with van der Waals surface area (Å²) >= 11 is 0. The van der Waals surface area contributed by atoms with E-state index in [1.807, 2.05) is 107 Å². The SMILES string of the molecule is CC(C)c1cccc2c1C(=O)N(C1(C)CCC(=O)NC1=O)C2=O.CC(C)c1cccc2c1C(=O)N(C1(F)CCC(=O)NC1=O)C2=O.CC(C)c1ccnc2c1C(=O)N(C1CCC(=O)NC1=O)C2=O.CC(C)c1cncc2c1C(=O)N(C1CCC(=O)NC1=O)C2=O.CC(C)c1nccc2c1C(=O)N(C1CCC(=O)NC1=O)C2=O.Cc1ccc2c(c1C(C)C)C(=O)N(C1CCC(=O)NC1=O)C2=O. The fourth-order valence-electron chi connectivity index (χ4n) is 18.3. The zero-order chi connectivity index (χ0) is 98.8. The van der Waals surface area contributed by atoms with E-state index < -0.39 is 154 Å².